The molecule has 2 rings (SSSR count). The number of nitrogens with zero attached hydrogens (tertiary/aromatic N) is 2. The van der Waals surface area contributed by atoms with Crippen LogP contribution in [0.5, 0.6) is 0 Å². The van der Waals surface area contributed by atoms with Gasteiger partial charge < -0.3 is 15.4 Å². The van der Waals surface area contributed by atoms with E-state index in [0.717, 1.165) is 0 Å². The van der Waals surface area contributed by atoms with Crippen LogP contribution in [0.4, 0.5) is 5.82 Å². The Labute approximate surface area is 117 Å². The Balaban J connectivity index is 2.34. The molecule has 1 fully saturated rings. The number of hydrogen-bond donors (Lipinski definition) is 1. The van der Waals surface area contributed by atoms with Crippen LogP contribution < -0.4 is 10.6 Å². The van der Waals surface area contributed by atoms with E-state index in [9.17, 15) is 8.42 Å². The lowest BCUT2D eigenvalue weighted by Gasteiger charge is -2.33. The van der Waals surface area contributed by atoms with Gasteiger partial charge in [0.25, 0.3) is 0 Å². The van der Waals surface area contributed by atoms with E-state index < -0.39 is 9.84 Å². The molecule has 1 aromatic rings. The van der Waals surface area contributed by atoms with E-state index in [1.807, 2.05) is 4.90 Å². The zero-order valence-electron chi connectivity index (χ0n) is 10.4. The van der Waals surface area contributed by atoms with Gasteiger partial charge in [-0.2, -0.15) is 0 Å². The fourth-order valence-electron chi connectivity index (χ4n) is 1.92. The number of ether oxygens (including phenoxy) is 1. The monoisotopic (exact) mass is 301 g/mol. The number of anilines is 1. The number of sulfone groups is 1. The highest BCUT2D eigenvalue weighted by atomic mass is 32.2. The summed E-state index contributed by atoms with van der Waals surface area (Å²) in [4.78, 5) is 6.48. The smallest absolute Gasteiger partial charge is 0.179 e. The number of thiocarbonyl (C=S) groups is 1. The van der Waals surface area contributed by atoms with E-state index in [4.69, 9.17) is 22.7 Å². The molecule has 2 heterocycles. The molecule has 1 saturated heterocycles. The van der Waals surface area contributed by atoms with Gasteiger partial charge in [-0.25, -0.2) is 13.4 Å². The minimum absolute atomic E-state index is 0.207. The molecular formula is C11H15N3O3S2. The van der Waals surface area contributed by atoms with Gasteiger partial charge in [-0.3, -0.25) is 0 Å². The van der Waals surface area contributed by atoms with Gasteiger partial charge in [-0.05, 0) is 12.1 Å². The molecule has 8 heteroatoms. The molecule has 1 atom stereocenters. The molecule has 0 bridgehead atoms. The van der Waals surface area contributed by atoms with Crippen molar-refractivity contribution >= 4 is 32.9 Å². The van der Waals surface area contributed by atoms with Gasteiger partial charge in [0, 0.05) is 19.0 Å². The number of hydrogen-bond acceptors (Lipinski definition) is 6. The van der Waals surface area contributed by atoms with Crippen LogP contribution in [0.3, 0.4) is 0 Å². The van der Waals surface area contributed by atoms with Crippen molar-refractivity contribution in [2.24, 2.45) is 5.73 Å². The summed E-state index contributed by atoms with van der Waals surface area (Å²) < 4.78 is 29.0. The third kappa shape index (κ3) is 3.20. The van der Waals surface area contributed by atoms with Crippen LogP contribution in [0.1, 0.15) is 0 Å². The zero-order chi connectivity index (χ0) is 14.0. The molecule has 19 heavy (non-hydrogen) atoms. The van der Waals surface area contributed by atoms with Crippen molar-refractivity contribution in [3.8, 4) is 0 Å². The number of nitrogens with two attached hydrogens (primary N) is 1. The number of rotatable bonds is 3. The number of pyridine rings is 1. The molecule has 0 saturated carbocycles. The second-order valence-electron chi connectivity index (χ2n) is 4.31. The van der Waals surface area contributed by atoms with Crippen LogP contribution in [-0.4, -0.2) is 50.4 Å². The summed E-state index contributed by atoms with van der Waals surface area (Å²) in [6.07, 6.45) is 2.35. The first-order chi connectivity index (χ1) is 8.89. The average molecular weight is 301 g/mol. The normalized spacial score (nSPS) is 20.3. The van der Waals surface area contributed by atoms with Crippen molar-refractivity contribution in [1.82, 2.24) is 4.98 Å². The fraction of sp³-hybridized carbons (Fsp3) is 0.455. The van der Waals surface area contributed by atoms with Crippen LogP contribution in [0, 0.1) is 0 Å². The minimum atomic E-state index is -3.33. The SMILES string of the molecule is CS(=O)(=O)c1cccnc1N1CCOC(C(N)=S)C1. The summed E-state index contributed by atoms with van der Waals surface area (Å²) >= 11 is 4.91. The predicted octanol–water partition coefficient (Wildman–Crippen LogP) is -0.0236. The summed E-state index contributed by atoms with van der Waals surface area (Å²) in [6.45, 7) is 1.40. The molecule has 1 aliphatic rings. The van der Waals surface area contributed by atoms with Gasteiger partial charge in [0.2, 0.25) is 0 Å². The van der Waals surface area contributed by atoms with E-state index in [1.165, 1.54) is 6.26 Å². The molecule has 0 aliphatic carbocycles. The molecule has 2 N–H and O–H groups in total. The first-order valence-electron chi connectivity index (χ1n) is 5.70. The molecule has 1 unspecified atom stereocenters. The van der Waals surface area contributed by atoms with Gasteiger partial charge in [-0.15, -0.1) is 0 Å². The van der Waals surface area contributed by atoms with Crippen LogP contribution in [0.15, 0.2) is 23.2 Å². The lowest BCUT2D eigenvalue weighted by molar-refractivity contribution is 0.0842. The highest BCUT2D eigenvalue weighted by Crippen LogP contribution is 2.24. The highest BCUT2D eigenvalue weighted by molar-refractivity contribution is 7.90. The summed E-state index contributed by atoms with van der Waals surface area (Å²) in [5.74, 6) is 0.426. The fourth-order valence-corrected chi connectivity index (χ4v) is 2.90. The standard InChI is InChI=1S/C11H15N3O3S2/c1-19(15,16)9-3-2-4-13-11(9)14-5-6-17-8(7-14)10(12)18/h2-4,8H,5-7H2,1H3,(H2,12,18). The van der Waals surface area contributed by atoms with Gasteiger partial charge in [-0.1, -0.05) is 12.2 Å². The first kappa shape index (κ1) is 14.2. The van der Waals surface area contributed by atoms with E-state index in [1.54, 1.807) is 18.3 Å². The van der Waals surface area contributed by atoms with E-state index in [2.05, 4.69) is 4.98 Å². The Morgan fingerprint density at radius 2 is 2.37 bits per heavy atom. The van der Waals surface area contributed by atoms with Crippen molar-refractivity contribution in [1.29, 1.82) is 0 Å². The zero-order valence-corrected chi connectivity index (χ0v) is 12.1. The van der Waals surface area contributed by atoms with Crippen molar-refractivity contribution in [3.05, 3.63) is 18.3 Å². The van der Waals surface area contributed by atoms with Crippen LogP contribution >= 0.6 is 12.2 Å². The van der Waals surface area contributed by atoms with Crippen molar-refractivity contribution in [3.63, 3.8) is 0 Å². The summed E-state index contributed by atoms with van der Waals surface area (Å²) in [5, 5.41) is 0. The Bertz CT molecular complexity index is 589. The third-order valence-corrected chi connectivity index (χ3v) is 4.21. The molecular weight excluding hydrogens is 286 g/mol. The Morgan fingerprint density at radius 3 is 3.00 bits per heavy atom. The predicted molar refractivity (Wildman–Crippen MR) is 76.1 cm³/mol. The second kappa shape index (κ2) is 5.40. The maximum Gasteiger partial charge on any atom is 0.179 e. The van der Waals surface area contributed by atoms with Crippen LogP contribution in [0.25, 0.3) is 0 Å². The Kier molecular flexibility index (Phi) is 4.02. The summed E-state index contributed by atoms with van der Waals surface area (Å²) in [6, 6.07) is 3.15. The molecule has 0 radical (unpaired) electrons. The Morgan fingerprint density at radius 1 is 1.63 bits per heavy atom. The molecule has 104 valence electrons. The van der Waals surface area contributed by atoms with Gasteiger partial charge in [0.05, 0.1) is 13.2 Å². The first-order valence-corrected chi connectivity index (χ1v) is 8.00. The molecule has 0 spiro atoms. The molecule has 6 nitrogen and oxygen atoms in total. The van der Waals surface area contributed by atoms with Crippen molar-refractivity contribution < 1.29 is 13.2 Å². The van der Waals surface area contributed by atoms with Gasteiger partial charge in [0.1, 0.15) is 21.8 Å². The van der Waals surface area contributed by atoms with Gasteiger partial charge in [0.15, 0.2) is 9.84 Å². The lowest BCUT2D eigenvalue weighted by atomic mass is 10.2. The summed E-state index contributed by atoms with van der Waals surface area (Å²) in [7, 11) is -3.33. The quantitative estimate of drug-likeness (QED) is 0.785. The van der Waals surface area contributed by atoms with E-state index in [0.29, 0.717) is 25.5 Å². The second-order valence-corrected chi connectivity index (χ2v) is 6.76. The largest absolute Gasteiger partial charge is 0.391 e. The van der Waals surface area contributed by atoms with Crippen molar-refractivity contribution in [2.45, 2.75) is 11.0 Å². The molecule has 1 aromatic heterocycles. The van der Waals surface area contributed by atoms with Crippen LogP contribution in [0.2, 0.25) is 0 Å². The van der Waals surface area contributed by atoms with Crippen molar-refractivity contribution in [2.75, 3.05) is 30.9 Å². The third-order valence-electron chi connectivity index (χ3n) is 2.83. The average Bonchev–Trinajstić information content (AvgIpc) is 2.38. The Hall–Kier alpha value is -1.25. The highest BCUT2D eigenvalue weighted by Gasteiger charge is 2.26. The molecule has 0 amide bonds. The summed E-state index contributed by atoms with van der Waals surface area (Å²) in [5.41, 5.74) is 5.57. The maximum absolute atomic E-state index is 11.8. The van der Waals surface area contributed by atoms with E-state index >= 15 is 0 Å². The van der Waals surface area contributed by atoms with E-state index in [-0.39, 0.29) is 16.0 Å². The number of aromatic nitrogens is 1. The molecule has 1 aliphatic heterocycles. The van der Waals surface area contributed by atoms with Gasteiger partial charge >= 0.3 is 0 Å². The maximum atomic E-state index is 11.8. The topological polar surface area (TPSA) is 85.5 Å². The number of morpholine rings is 1. The molecule has 0 aromatic carbocycles. The lowest BCUT2D eigenvalue weighted by Crippen LogP contribution is -2.48. The minimum Gasteiger partial charge on any atom is -0.391 e. The van der Waals surface area contributed by atoms with Crippen LogP contribution in [-0.2, 0) is 14.6 Å².